The van der Waals surface area contributed by atoms with E-state index in [-0.39, 0.29) is 11.8 Å². The second kappa shape index (κ2) is 6.53. The van der Waals surface area contributed by atoms with Gasteiger partial charge in [0.2, 0.25) is 5.95 Å². The van der Waals surface area contributed by atoms with Crippen LogP contribution in [0.3, 0.4) is 0 Å². The molecule has 1 fully saturated rings. The number of para-hydroxylation sites is 2. The number of imidazole rings is 1. The molecule has 1 saturated heterocycles. The Balaban J connectivity index is 1.73. The number of ether oxygens (including phenoxy) is 1. The second-order valence-corrected chi connectivity index (χ2v) is 6.05. The summed E-state index contributed by atoms with van der Waals surface area (Å²) in [7, 11) is 0. The maximum Gasteiger partial charge on any atom is 0.296 e. The average Bonchev–Trinajstić information content (AvgIpc) is 3.02. The predicted molar refractivity (Wildman–Crippen MR) is 89.4 cm³/mol. The molecule has 25 heavy (non-hydrogen) atoms. The quantitative estimate of drug-likeness (QED) is 0.667. The first-order chi connectivity index (χ1) is 12.1. The highest BCUT2D eigenvalue weighted by Crippen LogP contribution is 2.27. The number of anilines is 1. The molecule has 0 aliphatic carbocycles. The van der Waals surface area contributed by atoms with Crippen LogP contribution < -0.4 is 4.90 Å². The number of aromatic nitrogens is 4. The Morgan fingerprint density at radius 3 is 2.68 bits per heavy atom. The van der Waals surface area contributed by atoms with Crippen LogP contribution in [0.2, 0.25) is 0 Å². The van der Waals surface area contributed by atoms with Crippen molar-refractivity contribution >= 4 is 28.3 Å². The fraction of sp³-hybridized carbons (Fsp3) is 0.312. The molecule has 0 amide bonds. The molecule has 4 rings (SSSR count). The highest BCUT2D eigenvalue weighted by atomic mass is 35.5. The van der Waals surface area contributed by atoms with Crippen LogP contribution in [-0.4, -0.2) is 44.8 Å². The molecule has 0 radical (unpaired) electrons. The van der Waals surface area contributed by atoms with Gasteiger partial charge in [0.25, 0.3) is 6.43 Å². The SMILES string of the molecule is FC(F)c1nc2ccccc2n1-c1ncc(N2CCOC(Cl)C2)cn1. The topological polar surface area (TPSA) is 56.1 Å². The lowest BCUT2D eigenvalue weighted by atomic mass is 10.3. The molecule has 0 bridgehead atoms. The van der Waals surface area contributed by atoms with Gasteiger partial charge in [-0.25, -0.2) is 23.7 Å². The molecule has 6 nitrogen and oxygen atoms in total. The zero-order valence-corrected chi connectivity index (χ0v) is 13.8. The number of morpholine rings is 1. The third kappa shape index (κ3) is 3.03. The van der Waals surface area contributed by atoms with Crippen LogP contribution in [0.5, 0.6) is 0 Å². The van der Waals surface area contributed by atoms with Gasteiger partial charge < -0.3 is 9.64 Å². The summed E-state index contributed by atoms with van der Waals surface area (Å²) >= 11 is 5.99. The molecular formula is C16H14ClF2N5O. The Morgan fingerprint density at radius 1 is 1.20 bits per heavy atom. The summed E-state index contributed by atoms with van der Waals surface area (Å²) in [5.74, 6) is -0.218. The van der Waals surface area contributed by atoms with E-state index < -0.39 is 12.0 Å². The van der Waals surface area contributed by atoms with Crippen molar-refractivity contribution < 1.29 is 13.5 Å². The molecule has 0 saturated carbocycles. The maximum absolute atomic E-state index is 13.4. The molecule has 3 aromatic rings. The highest BCUT2D eigenvalue weighted by molar-refractivity contribution is 6.20. The Labute approximate surface area is 147 Å². The fourth-order valence-electron chi connectivity index (χ4n) is 2.84. The molecule has 130 valence electrons. The summed E-state index contributed by atoms with van der Waals surface area (Å²) < 4.78 is 33.4. The van der Waals surface area contributed by atoms with Crippen molar-refractivity contribution in [1.82, 2.24) is 19.5 Å². The minimum absolute atomic E-state index is 0.156. The molecular weight excluding hydrogens is 352 g/mol. The monoisotopic (exact) mass is 365 g/mol. The molecule has 1 aliphatic heterocycles. The lowest BCUT2D eigenvalue weighted by molar-refractivity contribution is 0.0934. The molecule has 1 aromatic carbocycles. The zero-order chi connectivity index (χ0) is 17.4. The van der Waals surface area contributed by atoms with Crippen LogP contribution in [0.4, 0.5) is 14.5 Å². The van der Waals surface area contributed by atoms with E-state index in [0.717, 1.165) is 5.69 Å². The molecule has 2 aromatic heterocycles. The van der Waals surface area contributed by atoms with Crippen molar-refractivity contribution in [3.8, 4) is 5.95 Å². The minimum atomic E-state index is -2.73. The van der Waals surface area contributed by atoms with Gasteiger partial charge >= 0.3 is 0 Å². The first-order valence-corrected chi connectivity index (χ1v) is 8.15. The summed E-state index contributed by atoms with van der Waals surface area (Å²) in [6, 6.07) is 6.91. The Bertz CT molecular complexity index is 886. The van der Waals surface area contributed by atoms with Crippen LogP contribution in [0, 0.1) is 0 Å². The van der Waals surface area contributed by atoms with Crippen molar-refractivity contribution in [3.05, 3.63) is 42.5 Å². The number of halogens is 3. The van der Waals surface area contributed by atoms with Gasteiger partial charge in [0.15, 0.2) is 5.82 Å². The average molecular weight is 366 g/mol. The van der Waals surface area contributed by atoms with E-state index in [1.807, 2.05) is 4.90 Å². The molecule has 1 atom stereocenters. The van der Waals surface area contributed by atoms with E-state index in [0.29, 0.717) is 30.7 Å². The van der Waals surface area contributed by atoms with Gasteiger partial charge in [-0.1, -0.05) is 23.7 Å². The highest BCUT2D eigenvalue weighted by Gasteiger charge is 2.22. The number of hydrogen-bond donors (Lipinski definition) is 0. The number of nitrogens with zero attached hydrogens (tertiary/aromatic N) is 5. The molecule has 1 unspecified atom stereocenters. The number of benzene rings is 1. The minimum Gasteiger partial charge on any atom is -0.363 e. The zero-order valence-electron chi connectivity index (χ0n) is 13.0. The fourth-order valence-corrected chi connectivity index (χ4v) is 3.09. The van der Waals surface area contributed by atoms with Gasteiger partial charge in [-0.15, -0.1) is 0 Å². The summed E-state index contributed by atoms with van der Waals surface area (Å²) in [4.78, 5) is 14.5. The summed E-state index contributed by atoms with van der Waals surface area (Å²) in [5.41, 5.74) is 1.39. The number of hydrogen-bond acceptors (Lipinski definition) is 5. The van der Waals surface area contributed by atoms with E-state index in [1.165, 1.54) is 4.57 Å². The third-order valence-corrected chi connectivity index (χ3v) is 4.26. The number of alkyl halides is 3. The smallest absolute Gasteiger partial charge is 0.296 e. The van der Waals surface area contributed by atoms with Gasteiger partial charge in [-0.2, -0.15) is 0 Å². The molecule has 3 heterocycles. The second-order valence-electron chi connectivity index (χ2n) is 5.56. The third-order valence-electron chi connectivity index (χ3n) is 4.00. The molecule has 1 aliphatic rings. The van der Waals surface area contributed by atoms with E-state index in [4.69, 9.17) is 16.3 Å². The largest absolute Gasteiger partial charge is 0.363 e. The van der Waals surface area contributed by atoms with Crippen molar-refractivity contribution in [2.75, 3.05) is 24.6 Å². The molecule has 0 N–H and O–H groups in total. The summed E-state index contributed by atoms with van der Waals surface area (Å²) in [5, 5.41) is 0. The lowest BCUT2D eigenvalue weighted by Crippen LogP contribution is -2.40. The van der Waals surface area contributed by atoms with Crippen LogP contribution in [0.25, 0.3) is 17.0 Å². The van der Waals surface area contributed by atoms with Crippen LogP contribution >= 0.6 is 11.6 Å². The van der Waals surface area contributed by atoms with Crippen LogP contribution in [0.1, 0.15) is 12.2 Å². The Morgan fingerprint density at radius 2 is 1.96 bits per heavy atom. The maximum atomic E-state index is 13.4. The lowest BCUT2D eigenvalue weighted by Gasteiger charge is -2.31. The predicted octanol–water partition coefficient (Wildman–Crippen LogP) is 3.15. The van der Waals surface area contributed by atoms with Gasteiger partial charge in [-0.05, 0) is 12.1 Å². The van der Waals surface area contributed by atoms with Gasteiger partial charge in [-0.3, -0.25) is 4.57 Å². The normalized spacial score (nSPS) is 18.2. The molecule has 9 heteroatoms. The van der Waals surface area contributed by atoms with Gasteiger partial charge in [0.1, 0.15) is 5.56 Å². The van der Waals surface area contributed by atoms with E-state index >= 15 is 0 Å². The van der Waals surface area contributed by atoms with E-state index in [9.17, 15) is 8.78 Å². The summed E-state index contributed by atoms with van der Waals surface area (Å²) in [6.45, 7) is 1.69. The van der Waals surface area contributed by atoms with Crippen molar-refractivity contribution in [2.45, 2.75) is 12.0 Å². The van der Waals surface area contributed by atoms with Gasteiger partial charge in [0, 0.05) is 6.54 Å². The molecule has 0 spiro atoms. The first-order valence-electron chi connectivity index (χ1n) is 7.72. The Hall–Kier alpha value is -2.32. The Kier molecular flexibility index (Phi) is 4.22. The van der Waals surface area contributed by atoms with Crippen molar-refractivity contribution in [3.63, 3.8) is 0 Å². The number of fused-ring (bicyclic) bond motifs is 1. The first kappa shape index (κ1) is 16.2. The van der Waals surface area contributed by atoms with Crippen molar-refractivity contribution in [1.29, 1.82) is 0 Å². The summed E-state index contributed by atoms with van der Waals surface area (Å²) in [6.07, 6.45) is 0.467. The number of rotatable bonds is 3. The van der Waals surface area contributed by atoms with Crippen LogP contribution in [0.15, 0.2) is 36.7 Å². The van der Waals surface area contributed by atoms with E-state index in [1.54, 1.807) is 36.7 Å². The van der Waals surface area contributed by atoms with E-state index in [2.05, 4.69) is 15.0 Å². The van der Waals surface area contributed by atoms with Crippen LogP contribution in [-0.2, 0) is 4.74 Å². The van der Waals surface area contributed by atoms with Gasteiger partial charge in [0.05, 0.1) is 42.3 Å². The standard InChI is InChI=1S/C16H14ClF2N5O/c17-13-9-23(5-6-25-13)10-7-20-16(21-8-10)24-12-4-2-1-3-11(12)22-15(24)14(18)19/h1-4,7-8,13-14H,5-6,9H2. The van der Waals surface area contributed by atoms with Crippen molar-refractivity contribution in [2.24, 2.45) is 0 Å².